The normalized spacial score (nSPS) is 11.9. The Bertz CT molecular complexity index is 1060. The quantitative estimate of drug-likeness (QED) is 0.424. The van der Waals surface area contributed by atoms with Crippen molar-refractivity contribution in [2.24, 2.45) is 0 Å². The highest BCUT2D eigenvalue weighted by atomic mass is 19.3. The Morgan fingerprint density at radius 3 is 2.77 bits per heavy atom. The number of hydrogen-bond acceptors (Lipinski definition) is 7. The number of methoxy groups -OCH3 is 1. The van der Waals surface area contributed by atoms with Crippen molar-refractivity contribution in [3.05, 3.63) is 45.9 Å². The molecule has 0 aliphatic heterocycles. The average Bonchev–Trinajstić information content (AvgIpc) is 2.98. The van der Waals surface area contributed by atoms with E-state index in [1.54, 1.807) is 13.2 Å². The number of alkyl halides is 2. The van der Waals surface area contributed by atoms with E-state index in [9.17, 15) is 13.6 Å². The van der Waals surface area contributed by atoms with Crippen LogP contribution < -0.4 is 21.5 Å². The van der Waals surface area contributed by atoms with Crippen LogP contribution in [0.2, 0.25) is 0 Å². The third kappa shape index (κ3) is 5.51. The first-order valence-corrected chi connectivity index (χ1v) is 9.31. The molecule has 3 aromatic rings. The molecule has 0 aliphatic rings. The van der Waals surface area contributed by atoms with Gasteiger partial charge in [-0.25, -0.2) is 13.6 Å². The molecular weight excluding hydrogens is 398 g/mol. The molecule has 2 heterocycles. The topological polar surface area (TPSA) is 120 Å². The van der Waals surface area contributed by atoms with Crippen LogP contribution >= 0.6 is 0 Å². The molecule has 0 amide bonds. The van der Waals surface area contributed by atoms with Crippen LogP contribution in [-0.2, 0) is 17.8 Å². The van der Waals surface area contributed by atoms with Gasteiger partial charge in [-0.15, -0.1) is 0 Å². The summed E-state index contributed by atoms with van der Waals surface area (Å²) in [4.78, 5) is 23.4. The molecule has 2 aromatic heterocycles. The number of aromatic nitrogens is 4. The lowest BCUT2D eigenvalue weighted by Gasteiger charge is -2.12. The van der Waals surface area contributed by atoms with Crippen LogP contribution in [-0.4, -0.2) is 52.3 Å². The Hall–Kier alpha value is -3.05. The molecule has 162 valence electrons. The zero-order valence-electron chi connectivity index (χ0n) is 16.7. The summed E-state index contributed by atoms with van der Waals surface area (Å²) in [5.74, 6) is -2.68. The molecule has 3 rings (SSSR count). The van der Waals surface area contributed by atoms with Crippen LogP contribution in [0, 0.1) is 0 Å². The molecule has 9 nitrogen and oxygen atoms in total. The lowest BCUT2D eigenvalue weighted by molar-refractivity contribution is 0.0224. The van der Waals surface area contributed by atoms with Gasteiger partial charge in [0.1, 0.15) is 12.1 Å². The number of halogens is 2. The van der Waals surface area contributed by atoms with E-state index in [-0.39, 0.29) is 31.5 Å². The van der Waals surface area contributed by atoms with Gasteiger partial charge in [0.2, 0.25) is 0 Å². The minimum Gasteiger partial charge on any atom is -0.461 e. The van der Waals surface area contributed by atoms with Crippen LogP contribution in [0.25, 0.3) is 11.2 Å². The molecule has 0 radical (unpaired) electrons. The van der Waals surface area contributed by atoms with E-state index < -0.39 is 18.2 Å². The molecule has 0 unspecified atom stereocenters. The zero-order chi connectivity index (χ0) is 21.7. The molecule has 11 heteroatoms. The molecule has 0 saturated heterocycles. The number of nitrogens with one attached hydrogen (secondary N) is 2. The zero-order valence-corrected chi connectivity index (χ0v) is 16.7. The molecular formula is C19H24F2N6O3. The number of rotatable bonds is 10. The van der Waals surface area contributed by atoms with E-state index in [2.05, 4.69) is 20.3 Å². The van der Waals surface area contributed by atoms with Crippen molar-refractivity contribution in [3.8, 4) is 6.01 Å². The van der Waals surface area contributed by atoms with Crippen molar-refractivity contribution in [2.45, 2.75) is 25.9 Å². The number of ether oxygens (including phenoxy) is 2. The third-order valence-corrected chi connectivity index (χ3v) is 4.25. The Morgan fingerprint density at radius 1 is 1.27 bits per heavy atom. The van der Waals surface area contributed by atoms with Crippen molar-refractivity contribution < 1.29 is 18.3 Å². The maximum absolute atomic E-state index is 13.0. The monoisotopic (exact) mass is 422 g/mol. The van der Waals surface area contributed by atoms with Crippen molar-refractivity contribution in [3.63, 3.8) is 0 Å². The summed E-state index contributed by atoms with van der Waals surface area (Å²) in [6.07, 6.45) is 0. The number of imidazole rings is 1. The number of nitrogen functional groups attached to an aromatic ring is 1. The predicted octanol–water partition coefficient (Wildman–Crippen LogP) is 1.52. The Kier molecular flexibility index (Phi) is 6.63. The van der Waals surface area contributed by atoms with Gasteiger partial charge in [0.15, 0.2) is 11.5 Å². The summed E-state index contributed by atoms with van der Waals surface area (Å²) >= 11 is 0. The maximum Gasteiger partial charge on any atom is 0.328 e. The molecule has 0 saturated carbocycles. The van der Waals surface area contributed by atoms with Crippen LogP contribution in [0.1, 0.15) is 18.1 Å². The standard InChI is InChI=1S/C19H24F2N6O3/c1-19(20,21)11-23-9-12-4-3-5-13(8-12)10-27-16-14(24-18(27)28)15(22)25-17(26-16)30-7-6-29-2/h3-5,8,23H,6-7,9-11H2,1-2H3,(H,24,28)(H2,22,25,26). The largest absolute Gasteiger partial charge is 0.461 e. The van der Waals surface area contributed by atoms with Gasteiger partial charge in [-0.3, -0.25) is 4.57 Å². The van der Waals surface area contributed by atoms with Gasteiger partial charge in [-0.05, 0) is 11.1 Å². The summed E-state index contributed by atoms with van der Waals surface area (Å²) in [7, 11) is 1.54. The van der Waals surface area contributed by atoms with Gasteiger partial charge < -0.3 is 25.5 Å². The van der Waals surface area contributed by atoms with E-state index in [0.29, 0.717) is 17.8 Å². The number of nitrogens with zero attached hydrogens (tertiary/aromatic N) is 3. The number of H-pyrrole nitrogens is 1. The number of benzene rings is 1. The molecule has 0 fully saturated rings. The highest BCUT2D eigenvalue weighted by Crippen LogP contribution is 2.19. The van der Waals surface area contributed by atoms with Gasteiger partial charge >= 0.3 is 11.7 Å². The lowest BCUT2D eigenvalue weighted by Crippen LogP contribution is -2.29. The number of hydrogen-bond donors (Lipinski definition) is 3. The molecule has 4 N–H and O–H groups in total. The van der Waals surface area contributed by atoms with Crippen molar-refractivity contribution >= 4 is 17.0 Å². The second kappa shape index (κ2) is 9.18. The Labute approximate surface area is 171 Å². The second-order valence-electron chi connectivity index (χ2n) is 6.94. The van der Waals surface area contributed by atoms with Gasteiger partial charge in [0.05, 0.1) is 19.7 Å². The minimum absolute atomic E-state index is 0.0447. The van der Waals surface area contributed by atoms with E-state index in [1.165, 1.54) is 4.57 Å². The van der Waals surface area contributed by atoms with E-state index in [1.807, 2.05) is 18.2 Å². The van der Waals surface area contributed by atoms with Crippen LogP contribution in [0.3, 0.4) is 0 Å². The van der Waals surface area contributed by atoms with Crippen LogP contribution in [0.4, 0.5) is 14.6 Å². The highest BCUT2D eigenvalue weighted by Gasteiger charge is 2.20. The smallest absolute Gasteiger partial charge is 0.328 e. The number of fused-ring (bicyclic) bond motifs is 1. The first kappa shape index (κ1) is 21.7. The summed E-state index contributed by atoms with van der Waals surface area (Å²) in [6.45, 7) is 1.53. The number of nitrogens with two attached hydrogens (primary N) is 1. The fraction of sp³-hybridized carbons (Fsp3) is 0.421. The van der Waals surface area contributed by atoms with Gasteiger partial charge in [0, 0.05) is 20.6 Å². The predicted molar refractivity (Wildman–Crippen MR) is 108 cm³/mol. The van der Waals surface area contributed by atoms with E-state index in [4.69, 9.17) is 15.2 Å². The fourth-order valence-corrected chi connectivity index (χ4v) is 2.91. The molecule has 0 bridgehead atoms. The van der Waals surface area contributed by atoms with Gasteiger partial charge in [0.25, 0.3) is 5.92 Å². The van der Waals surface area contributed by atoms with Crippen molar-refractivity contribution in [1.82, 2.24) is 24.8 Å². The highest BCUT2D eigenvalue weighted by molar-refractivity contribution is 5.81. The lowest BCUT2D eigenvalue weighted by atomic mass is 10.1. The third-order valence-electron chi connectivity index (χ3n) is 4.25. The first-order chi connectivity index (χ1) is 14.3. The Morgan fingerprint density at radius 2 is 2.03 bits per heavy atom. The fourth-order valence-electron chi connectivity index (χ4n) is 2.91. The van der Waals surface area contributed by atoms with E-state index in [0.717, 1.165) is 18.1 Å². The SMILES string of the molecule is COCCOc1nc(N)c2[nH]c(=O)n(Cc3cccc(CNCC(C)(F)F)c3)c2n1. The number of anilines is 1. The second-order valence-corrected chi connectivity index (χ2v) is 6.94. The first-order valence-electron chi connectivity index (χ1n) is 9.31. The van der Waals surface area contributed by atoms with Crippen LogP contribution in [0.5, 0.6) is 6.01 Å². The van der Waals surface area contributed by atoms with Gasteiger partial charge in [-0.2, -0.15) is 9.97 Å². The summed E-state index contributed by atoms with van der Waals surface area (Å²) in [5.41, 5.74) is 7.80. The molecule has 30 heavy (non-hydrogen) atoms. The van der Waals surface area contributed by atoms with Gasteiger partial charge in [-0.1, -0.05) is 24.3 Å². The van der Waals surface area contributed by atoms with Crippen molar-refractivity contribution in [1.29, 1.82) is 0 Å². The summed E-state index contributed by atoms with van der Waals surface area (Å²) in [5, 5.41) is 2.72. The molecule has 0 atom stereocenters. The maximum atomic E-state index is 13.0. The summed E-state index contributed by atoms with van der Waals surface area (Å²) in [6, 6.07) is 7.35. The van der Waals surface area contributed by atoms with E-state index >= 15 is 0 Å². The average molecular weight is 422 g/mol. The molecule has 1 aromatic carbocycles. The molecule has 0 spiro atoms. The van der Waals surface area contributed by atoms with Crippen LogP contribution in [0.15, 0.2) is 29.1 Å². The van der Waals surface area contributed by atoms with Crippen molar-refractivity contribution in [2.75, 3.05) is 32.6 Å². The number of aromatic amines is 1. The Balaban J connectivity index is 1.82. The molecule has 0 aliphatic carbocycles. The summed E-state index contributed by atoms with van der Waals surface area (Å²) < 4.78 is 37.7. The minimum atomic E-state index is -2.78.